The Balaban J connectivity index is 1.60. The monoisotopic (exact) mass is 414 g/mol. The van der Waals surface area contributed by atoms with Gasteiger partial charge in [0.25, 0.3) is 0 Å². The van der Waals surface area contributed by atoms with E-state index >= 15 is 0 Å². The van der Waals surface area contributed by atoms with Gasteiger partial charge in [-0.05, 0) is 49.7 Å². The van der Waals surface area contributed by atoms with E-state index in [4.69, 9.17) is 9.73 Å². The maximum absolute atomic E-state index is 12.4. The van der Waals surface area contributed by atoms with Crippen molar-refractivity contribution in [1.29, 1.82) is 0 Å². The van der Waals surface area contributed by atoms with E-state index in [1.165, 1.54) is 0 Å². The van der Waals surface area contributed by atoms with E-state index in [1.807, 2.05) is 72.8 Å². The molecule has 6 heteroatoms. The van der Waals surface area contributed by atoms with Gasteiger partial charge in [0.05, 0.1) is 5.56 Å². The van der Waals surface area contributed by atoms with Gasteiger partial charge in [-0.2, -0.15) is 0 Å². The fourth-order valence-corrected chi connectivity index (χ4v) is 3.52. The molecule has 2 N–H and O–H groups in total. The van der Waals surface area contributed by atoms with E-state index in [2.05, 4.69) is 29.4 Å². The Morgan fingerprint density at radius 3 is 2.45 bits per heavy atom. The maximum Gasteiger partial charge on any atom is 0.319 e. The van der Waals surface area contributed by atoms with Crippen LogP contribution >= 0.6 is 0 Å². The highest BCUT2D eigenvalue weighted by Gasteiger charge is 2.22. The van der Waals surface area contributed by atoms with Gasteiger partial charge in [0.1, 0.15) is 17.3 Å². The third-order valence-corrected chi connectivity index (χ3v) is 5.15. The van der Waals surface area contributed by atoms with Gasteiger partial charge in [-0.15, -0.1) is 0 Å². The molecule has 1 heterocycles. The highest BCUT2D eigenvalue weighted by molar-refractivity contribution is 6.05. The number of hydrogen-bond donors (Lipinski definition) is 2. The summed E-state index contributed by atoms with van der Waals surface area (Å²) < 4.78 is 6.17. The number of fused-ring (bicyclic) bond motifs is 2. The van der Waals surface area contributed by atoms with Crippen LogP contribution in [0.1, 0.15) is 25.0 Å². The summed E-state index contributed by atoms with van der Waals surface area (Å²) in [5, 5.41) is 5.81. The zero-order valence-electron chi connectivity index (χ0n) is 17.8. The lowest BCUT2D eigenvalue weighted by Gasteiger charge is -2.23. The van der Waals surface area contributed by atoms with Gasteiger partial charge in [0.15, 0.2) is 5.75 Å². The van der Waals surface area contributed by atoms with Crippen molar-refractivity contribution in [2.24, 2.45) is 4.99 Å². The highest BCUT2D eigenvalue weighted by Crippen LogP contribution is 2.38. The largest absolute Gasteiger partial charge is 0.454 e. The Hall–Kier alpha value is -3.80. The first kappa shape index (κ1) is 20.5. The molecule has 0 atom stereocenters. The molecular formula is C25H26N4O2. The van der Waals surface area contributed by atoms with E-state index < -0.39 is 0 Å². The van der Waals surface area contributed by atoms with Crippen LogP contribution in [0.3, 0.4) is 0 Å². The molecule has 6 nitrogen and oxygen atoms in total. The Bertz CT molecular complexity index is 1090. The molecule has 31 heavy (non-hydrogen) atoms. The van der Waals surface area contributed by atoms with Gasteiger partial charge in [-0.1, -0.05) is 42.5 Å². The first-order valence-corrected chi connectivity index (χ1v) is 10.5. The van der Waals surface area contributed by atoms with Crippen LogP contribution in [0.5, 0.6) is 11.5 Å². The number of nitrogens with one attached hydrogen (secondary N) is 2. The maximum atomic E-state index is 12.4. The molecule has 0 aromatic heterocycles. The normalized spacial score (nSPS) is 11.9. The molecule has 1 aliphatic rings. The first-order chi connectivity index (χ1) is 15.2. The molecule has 0 spiro atoms. The minimum Gasteiger partial charge on any atom is -0.454 e. The molecular weight excluding hydrogens is 388 g/mol. The van der Waals surface area contributed by atoms with Crippen LogP contribution in [0.2, 0.25) is 0 Å². The van der Waals surface area contributed by atoms with Gasteiger partial charge in [0.2, 0.25) is 0 Å². The lowest BCUT2D eigenvalue weighted by Crippen LogP contribution is -2.31. The van der Waals surface area contributed by atoms with Gasteiger partial charge in [-0.3, -0.25) is 0 Å². The lowest BCUT2D eigenvalue weighted by atomic mass is 10.1. The van der Waals surface area contributed by atoms with Crippen LogP contribution in [-0.4, -0.2) is 29.9 Å². The zero-order valence-corrected chi connectivity index (χ0v) is 17.8. The molecule has 0 saturated carbocycles. The molecule has 0 aliphatic carbocycles. The van der Waals surface area contributed by atoms with Crippen LogP contribution in [0, 0.1) is 0 Å². The highest BCUT2D eigenvalue weighted by atomic mass is 16.5. The van der Waals surface area contributed by atoms with Crippen LogP contribution in [0.15, 0.2) is 77.8 Å². The summed E-state index contributed by atoms with van der Waals surface area (Å²) in [6, 6.07) is 22.9. The van der Waals surface area contributed by atoms with Crippen LogP contribution in [0.25, 0.3) is 0 Å². The molecule has 3 aromatic carbocycles. The van der Waals surface area contributed by atoms with E-state index in [9.17, 15) is 4.79 Å². The average Bonchev–Trinajstić information content (AvgIpc) is 2.96. The van der Waals surface area contributed by atoms with E-state index in [0.717, 1.165) is 35.7 Å². The van der Waals surface area contributed by atoms with Crippen molar-refractivity contribution in [3.8, 4) is 11.5 Å². The molecule has 0 unspecified atom stereocenters. The molecule has 2 amide bonds. The Morgan fingerprint density at radius 1 is 0.935 bits per heavy atom. The number of amidine groups is 1. The predicted octanol–water partition coefficient (Wildman–Crippen LogP) is 5.53. The van der Waals surface area contributed by atoms with Crippen molar-refractivity contribution < 1.29 is 9.53 Å². The lowest BCUT2D eigenvalue weighted by molar-refractivity contribution is 0.251. The number of ether oxygens (including phenoxy) is 1. The zero-order chi connectivity index (χ0) is 21.6. The molecule has 0 bridgehead atoms. The van der Waals surface area contributed by atoms with Crippen molar-refractivity contribution in [1.82, 2.24) is 10.2 Å². The first-order valence-electron chi connectivity index (χ1n) is 10.5. The Kier molecular flexibility index (Phi) is 6.17. The number of amides is 2. The molecule has 4 rings (SSSR count). The van der Waals surface area contributed by atoms with E-state index in [-0.39, 0.29) is 6.03 Å². The number of urea groups is 1. The van der Waals surface area contributed by atoms with E-state index in [0.29, 0.717) is 23.7 Å². The third-order valence-electron chi connectivity index (χ3n) is 5.15. The van der Waals surface area contributed by atoms with Crippen molar-refractivity contribution in [2.75, 3.05) is 18.4 Å². The number of para-hydroxylation sites is 2. The summed E-state index contributed by atoms with van der Waals surface area (Å²) in [6.07, 6.45) is 0. The second-order valence-electron chi connectivity index (χ2n) is 7.18. The number of carbonyl (C=O) groups is 1. The fraction of sp³-hybridized carbons (Fsp3) is 0.200. The number of rotatable bonds is 5. The van der Waals surface area contributed by atoms with Gasteiger partial charge in [0, 0.05) is 25.3 Å². The summed E-state index contributed by atoms with van der Waals surface area (Å²) in [5.41, 5.74) is 3.36. The van der Waals surface area contributed by atoms with Crippen molar-refractivity contribution in [3.63, 3.8) is 0 Å². The summed E-state index contributed by atoms with van der Waals surface area (Å²) in [7, 11) is 0. The topological polar surface area (TPSA) is 66.0 Å². The molecule has 1 aliphatic heterocycles. The summed E-state index contributed by atoms with van der Waals surface area (Å²) >= 11 is 0. The minimum absolute atomic E-state index is 0.261. The van der Waals surface area contributed by atoms with Crippen LogP contribution in [0.4, 0.5) is 16.2 Å². The van der Waals surface area contributed by atoms with Gasteiger partial charge in [-0.25, -0.2) is 9.79 Å². The number of benzene rings is 3. The second kappa shape index (κ2) is 9.34. The number of anilines is 1. The Morgan fingerprint density at radius 2 is 1.68 bits per heavy atom. The Labute approximate surface area is 182 Å². The minimum atomic E-state index is -0.261. The fourth-order valence-electron chi connectivity index (χ4n) is 3.52. The molecule has 0 radical (unpaired) electrons. The number of hydrogen-bond acceptors (Lipinski definition) is 4. The van der Waals surface area contributed by atoms with Gasteiger partial charge >= 0.3 is 6.03 Å². The predicted molar refractivity (Wildman–Crippen MR) is 124 cm³/mol. The van der Waals surface area contributed by atoms with Gasteiger partial charge < -0.3 is 20.3 Å². The van der Waals surface area contributed by atoms with Crippen molar-refractivity contribution in [2.45, 2.75) is 20.4 Å². The van der Waals surface area contributed by atoms with Crippen LogP contribution in [-0.2, 0) is 6.54 Å². The SMILES string of the molecule is CCN(CC)C1=Nc2ccccc2Oc2ccc(NC(=O)NCc3ccccc3)cc21. The standard InChI is InChI=1S/C25H26N4O2/c1-3-29(4-2)24-20-16-19(27-25(30)26-17-18-10-6-5-7-11-18)14-15-22(20)31-23-13-9-8-12-21(23)28-24/h5-16H,3-4,17H2,1-2H3,(H2,26,27,30). The van der Waals surface area contributed by atoms with Crippen molar-refractivity contribution in [3.05, 3.63) is 83.9 Å². The smallest absolute Gasteiger partial charge is 0.319 e. The molecule has 0 fully saturated rings. The number of nitrogens with zero attached hydrogens (tertiary/aromatic N) is 2. The van der Waals surface area contributed by atoms with Crippen molar-refractivity contribution >= 4 is 23.2 Å². The summed E-state index contributed by atoms with van der Waals surface area (Å²) in [4.78, 5) is 19.5. The molecule has 3 aromatic rings. The van der Waals surface area contributed by atoms with Crippen LogP contribution < -0.4 is 15.4 Å². The summed E-state index contributed by atoms with van der Waals surface area (Å²) in [5.74, 6) is 2.26. The molecule has 0 saturated heterocycles. The number of carbonyl (C=O) groups excluding carboxylic acids is 1. The third kappa shape index (κ3) is 4.69. The number of aliphatic imine (C=N–C) groups is 1. The summed E-state index contributed by atoms with van der Waals surface area (Å²) in [6.45, 7) is 6.28. The quantitative estimate of drug-likeness (QED) is 0.577. The molecule has 158 valence electrons. The second-order valence-corrected chi connectivity index (χ2v) is 7.18. The van der Waals surface area contributed by atoms with E-state index in [1.54, 1.807) is 0 Å². The average molecular weight is 415 g/mol.